The monoisotopic (exact) mass is 377 g/mol. The number of carboxylic acid groups (broad SMARTS) is 1. The standard InChI is InChI=1S/C7H3BrF2INO2/c8-3-1-2(11)4(6(9)10)5(12-3)7(13)14/h1,6H,(H,13,14). The van der Waals surface area contributed by atoms with Gasteiger partial charge in [-0.1, -0.05) is 0 Å². The minimum Gasteiger partial charge on any atom is -0.476 e. The summed E-state index contributed by atoms with van der Waals surface area (Å²) < 4.78 is 25.3. The van der Waals surface area contributed by atoms with Crippen molar-refractivity contribution in [3.63, 3.8) is 0 Å². The van der Waals surface area contributed by atoms with Gasteiger partial charge in [-0.05, 0) is 44.6 Å². The average molecular weight is 378 g/mol. The second-order valence-corrected chi connectivity index (χ2v) is 4.27. The summed E-state index contributed by atoms with van der Waals surface area (Å²) in [7, 11) is 0. The normalized spacial score (nSPS) is 10.6. The Morgan fingerprint density at radius 2 is 2.21 bits per heavy atom. The minimum atomic E-state index is -2.84. The molecular formula is C7H3BrF2INO2. The van der Waals surface area contributed by atoms with Gasteiger partial charge in [-0.15, -0.1) is 0 Å². The number of halogens is 4. The lowest BCUT2D eigenvalue weighted by Gasteiger charge is -2.06. The molecule has 1 heterocycles. The number of pyridine rings is 1. The molecule has 14 heavy (non-hydrogen) atoms. The largest absolute Gasteiger partial charge is 0.476 e. The second kappa shape index (κ2) is 4.47. The molecule has 0 aliphatic heterocycles. The van der Waals surface area contributed by atoms with Crippen molar-refractivity contribution in [1.29, 1.82) is 0 Å². The predicted octanol–water partition coefficient (Wildman–Crippen LogP) is 3.08. The molecular weight excluding hydrogens is 375 g/mol. The number of rotatable bonds is 2. The summed E-state index contributed by atoms with van der Waals surface area (Å²) in [6.07, 6.45) is -2.84. The highest BCUT2D eigenvalue weighted by Gasteiger charge is 2.23. The molecule has 0 amide bonds. The van der Waals surface area contributed by atoms with Gasteiger partial charge in [-0.3, -0.25) is 0 Å². The molecule has 0 aliphatic carbocycles. The Labute approximate surface area is 99.8 Å². The Kier molecular flexibility index (Phi) is 3.76. The number of carboxylic acids is 1. The van der Waals surface area contributed by atoms with Crippen LogP contribution in [0.25, 0.3) is 0 Å². The quantitative estimate of drug-likeness (QED) is 0.636. The lowest BCUT2D eigenvalue weighted by atomic mass is 10.2. The van der Waals surface area contributed by atoms with Gasteiger partial charge in [0.25, 0.3) is 6.43 Å². The molecule has 0 atom stereocenters. The Morgan fingerprint density at radius 3 is 2.64 bits per heavy atom. The van der Waals surface area contributed by atoms with Crippen LogP contribution in [0.3, 0.4) is 0 Å². The number of hydrogen-bond acceptors (Lipinski definition) is 2. The summed E-state index contributed by atoms with van der Waals surface area (Å²) in [5.41, 5.74) is -1.15. The number of carbonyl (C=O) groups is 1. The van der Waals surface area contributed by atoms with Gasteiger partial charge in [0.05, 0.1) is 5.56 Å². The molecule has 1 aromatic rings. The fourth-order valence-corrected chi connectivity index (χ4v) is 2.49. The highest BCUT2D eigenvalue weighted by Crippen LogP contribution is 2.28. The van der Waals surface area contributed by atoms with E-state index in [9.17, 15) is 13.6 Å². The second-order valence-electron chi connectivity index (χ2n) is 2.29. The molecule has 0 spiro atoms. The van der Waals surface area contributed by atoms with Gasteiger partial charge in [-0.25, -0.2) is 18.6 Å². The molecule has 0 saturated heterocycles. The summed E-state index contributed by atoms with van der Waals surface area (Å²) in [6, 6.07) is 1.34. The maximum absolute atomic E-state index is 12.5. The third-order valence-electron chi connectivity index (χ3n) is 1.40. The zero-order chi connectivity index (χ0) is 10.9. The number of nitrogens with zero attached hydrogens (tertiary/aromatic N) is 1. The van der Waals surface area contributed by atoms with Crippen molar-refractivity contribution < 1.29 is 18.7 Å². The van der Waals surface area contributed by atoms with Crippen molar-refractivity contribution in [1.82, 2.24) is 4.98 Å². The zero-order valence-corrected chi connectivity index (χ0v) is 10.2. The molecule has 3 nitrogen and oxygen atoms in total. The predicted molar refractivity (Wildman–Crippen MR) is 56.6 cm³/mol. The molecule has 0 saturated carbocycles. The number of aromatic carboxylic acids is 1. The van der Waals surface area contributed by atoms with E-state index < -0.39 is 23.7 Å². The third kappa shape index (κ3) is 2.38. The van der Waals surface area contributed by atoms with Gasteiger partial charge < -0.3 is 5.11 Å². The van der Waals surface area contributed by atoms with Gasteiger partial charge in [0, 0.05) is 3.57 Å². The zero-order valence-electron chi connectivity index (χ0n) is 6.47. The molecule has 0 bridgehead atoms. The van der Waals surface area contributed by atoms with Crippen LogP contribution in [0, 0.1) is 3.57 Å². The van der Waals surface area contributed by atoms with Gasteiger partial charge in [0.1, 0.15) is 4.60 Å². The number of hydrogen-bond donors (Lipinski definition) is 1. The van der Waals surface area contributed by atoms with Crippen molar-refractivity contribution in [2.75, 3.05) is 0 Å². The van der Waals surface area contributed by atoms with Crippen molar-refractivity contribution >= 4 is 44.5 Å². The first-order valence-electron chi connectivity index (χ1n) is 3.31. The maximum atomic E-state index is 12.5. The van der Waals surface area contributed by atoms with Crippen LogP contribution in [-0.4, -0.2) is 16.1 Å². The van der Waals surface area contributed by atoms with Crippen LogP contribution >= 0.6 is 38.5 Å². The van der Waals surface area contributed by atoms with E-state index in [-0.39, 0.29) is 8.17 Å². The number of alkyl halides is 2. The first kappa shape index (κ1) is 11.8. The summed E-state index contributed by atoms with van der Waals surface area (Å²) >= 11 is 4.59. The van der Waals surface area contributed by atoms with Crippen LogP contribution in [0.15, 0.2) is 10.7 Å². The van der Waals surface area contributed by atoms with Crippen LogP contribution < -0.4 is 0 Å². The van der Waals surface area contributed by atoms with Crippen LogP contribution in [0.5, 0.6) is 0 Å². The lowest BCUT2D eigenvalue weighted by molar-refractivity contribution is 0.0676. The molecule has 0 aromatic carbocycles. The van der Waals surface area contributed by atoms with E-state index in [1.807, 2.05) is 0 Å². The van der Waals surface area contributed by atoms with E-state index in [1.54, 1.807) is 22.6 Å². The van der Waals surface area contributed by atoms with Crippen molar-refractivity contribution in [2.45, 2.75) is 6.43 Å². The summed E-state index contributed by atoms with van der Waals surface area (Å²) in [4.78, 5) is 14.1. The molecule has 0 aliphatic rings. The van der Waals surface area contributed by atoms with E-state index in [0.717, 1.165) is 0 Å². The summed E-state index contributed by atoms with van der Waals surface area (Å²) in [5, 5.41) is 8.64. The van der Waals surface area contributed by atoms with Gasteiger partial charge in [0.15, 0.2) is 5.69 Å². The molecule has 1 rings (SSSR count). The average Bonchev–Trinajstić information content (AvgIpc) is 2.01. The van der Waals surface area contributed by atoms with Crippen molar-refractivity contribution in [3.8, 4) is 0 Å². The molecule has 1 aromatic heterocycles. The smallest absolute Gasteiger partial charge is 0.355 e. The van der Waals surface area contributed by atoms with E-state index in [0.29, 0.717) is 0 Å². The molecule has 1 N–H and O–H groups in total. The molecule has 0 unspecified atom stereocenters. The Morgan fingerprint density at radius 1 is 1.64 bits per heavy atom. The van der Waals surface area contributed by atoms with E-state index in [2.05, 4.69) is 20.9 Å². The van der Waals surface area contributed by atoms with Crippen LogP contribution in [0.1, 0.15) is 22.5 Å². The number of aromatic nitrogens is 1. The summed E-state index contributed by atoms with van der Waals surface area (Å²) in [6.45, 7) is 0. The Hall–Kier alpha value is -0.310. The lowest BCUT2D eigenvalue weighted by Crippen LogP contribution is -2.08. The van der Waals surface area contributed by atoms with Crippen molar-refractivity contribution in [2.24, 2.45) is 0 Å². The SMILES string of the molecule is O=C(O)c1nc(Br)cc(I)c1C(F)F. The van der Waals surface area contributed by atoms with Gasteiger partial charge in [-0.2, -0.15) is 0 Å². The third-order valence-corrected chi connectivity index (χ3v) is 2.70. The maximum Gasteiger partial charge on any atom is 0.355 e. The molecule has 0 radical (unpaired) electrons. The van der Waals surface area contributed by atoms with Crippen LogP contribution in [-0.2, 0) is 0 Å². The first-order valence-corrected chi connectivity index (χ1v) is 5.18. The highest BCUT2D eigenvalue weighted by atomic mass is 127. The first-order chi connectivity index (χ1) is 6.43. The Balaban J connectivity index is 3.44. The van der Waals surface area contributed by atoms with E-state index >= 15 is 0 Å². The van der Waals surface area contributed by atoms with Crippen LogP contribution in [0.2, 0.25) is 0 Å². The van der Waals surface area contributed by atoms with E-state index in [1.165, 1.54) is 6.07 Å². The highest BCUT2D eigenvalue weighted by molar-refractivity contribution is 14.1. The van der Waals surface area contributed by atoms with Crippen molar-refractivity contribution in [3.05, 3.63) is 25.5 Å². The van der Waals surface area contributed by atoms with E-state index in [4.69, 9.17) is 5.11 Å². The molecule has 7 heteroatoms. The van der Waals surface area contributed by atoms with Gasteiger partial charge in [0.2, 0.25) is 0 Å². The fourth-order valence-electron chi connectivity index (χ4n) is 0.865. The molecule has 76 valence electrons. The minimum absolute atomic E-state index is 0.178. The Bertz CT molecular complexity index is 386. The molecule has 0 fully saturated rings. The van der Waals surface area contributed by atoms with Gasteiger partial charge >= 0.3 is 5.97 Å². The topological polar surface area (TPSA) is 50.2 Å². The van der Waals surface area contributed by atoms with Crippen LogP contribution in [0.4, 0.5) is 8.78 Å². The fraction of sp³-hybridized carbons (Fsp3) is 0.143. The summed E-state index contributed by atoms with van der Waals surface area (Å²) in [5.74, 6) is -1.46.